The Bertz CT molecular complexity index is 279. The number of hydrogen-bond donors (Lipinski definition) is 2. The lowest BCUT2D eigenvalue weighted by Gasteiger charge is -2.22. The molecule has 3 nitrogen and oxygen atoms in total. The van der Waals surface area contributed by atoms with Crippen LogP contribution in [0.5, 0.6) is 0 Å². The number of pyridine rings is 1. The van der Waals surface area contributed by atoms with E-state index in [9.17, 15) is 0 Å². The van der Waals surface area contributed by atoms with E-state index in [1.165, 1.54) is 5.56 Å². The molecule has 0 saturated carbocycles. The van der Waals surface area contributed by atoms with Gasteiger partial charge in [-0.1, -0.05) is 19.9 Å². The molecule has 0 aliphatic rings. The zero-order valence-electron chi connectivity index (χ0n) is 9.83. The first-order valence-corrected chi connectivity index (χ1v) is 5.52. The first kappa shape index (κ1) is 12.0. The molecular formula is C12H21N3. The number of nitrogens with one attached hydrogen (secondary N) is 1. The molecule has 0 saturated heterocycles. The maximum atomic E-state index is 5.58. The van der Waals surface area contributed by atoms with Gasteiger partial charge in [0.1, 0.15) is 5.82 Å². The predicted molar refractivity (Wildman–Crippen MR) is 64.9 cm³/mol. The highest BCUT2D eigenvalue weighted by Gasteiger charge is 2.12. The zero-order valence-corrected chi connectivity index (χ0v) is 9.83. The maximum absolute atomic E-state index is 5.58. The number of aryl methyl sites for hydroxylation is 1. The highest BCUT2D eigenvalue weighted by atomic mass is 15.0. The van der Waals surface area contributed by atoms with Crippen molar-refractivity contribution in [2.24, 2.45) is 11.7 Å². The van der Waals surface area contributed by atoms with Crippen LogP contribution in [0.25, 0.3) is 0 Å². The highest BCUT2D eigenvalue weighted by molar-refractivity contribution is 5.36. The van der Waals surface area contributed by atoms with Crippen molar-refractivity contribution in [1.29, 1.82) is 0 Å². The van der Waals surface area contributed by atoms with Gasteiger partial charge in [-0.05, 0) is 37.4 Å². The normalized spacial score (nSPS) is 12.9. The Balaban J connectivity index is 2.61. The fourth-order valence-electron chi connectivity index (χ4n) is 1.49. The van der Waals surface area contributed by atoms with Gasteiger partial charge in [0.2, 0.25) is 0 Å². The molecule has 84 valence electrons. The molecule has 0 spiro atoms. The van der Waals surface area contributed by atoms with E-state index in [-0.39, 0.29) is 0 Å². The minimum absolute atomic E-state index is 0.408. The third kappa shape index (κ3) is 3.88. The van der Waals surface area contributed by atoms with E-state index >= 15 is 0 Å². The first-order chi connectivity index (χ1) is 7.13. The summed E-state index contributed by atoms with van der Waals surface area (Å²) in [7, 11) is 0. The van der Waals surface area contributed by atoms with Crippen LogP contribution in [0.4, 0.5) is 5.82 Å². The molecule has 0 radical (unpaired) electrons. The molecule has 0 bridgehead atoms. The van der Waals surface area contributed by atoms with Gasteiger partial charge in [0.25, 0.3) is 0 Å². The van der Waals surface area contributed by atoms with Crippen LogP contribution in [0.15, 0.2) is 18.3 Å². The van der Waals surface area contributed by atoms with E-state index in [2.05, 4.69) is 30.2 Å². The molecule has 1 aromatic heterocycles. The SMILES string of the molecule is Cc1ccc(NC(CCN)C(C)C)nc1. The number of nitrogens with two attached hydrogens (primary N) is 1. The molecule has 1 heterocycles. The summed E-state index contributed by atoms with van der Waals surface area (Å²) in [4.78, 5) is 4.33. The van der Waals surface area contributed by atoms with Gasteiger partial charge in [0, 0.05) is 12.2 Å². The number of rotatable bonds is 5. The molecule has 1 unspecified atom stereocenters. The molecule has 1 aromatic rings. The Morgan fingerprint density at radius 1 is 1.40 bits per heavy atom. The topological polar surface area (TPSA) is 50.9 Å². The Morgan fingerprint density at radius 2 is 2.13 bits per heavy atom. The van der Waals surface area contributed by atoms with Crippen molar-refractivity contribution >= 4 is 5.82 Å². The van der Waals surface area contributed by atoms with Gasteiger partial charge in [-0.15, -0.1) is 0 Å². The Labute approximate surface area is 92.1 Å². The molecule has 1 rings (SSSR count). The molecule has 0 aliphatic carbocycles. The van der Waals surface area contributed by atoms with Crippen LogP contribution in [-0.4, -0.2) is 17.6 Å². The number of aromatic nitrogens is 1. The lowest BCUT2D eigenvalue weighted by molar-refractivity contribution is 0.497. The van der Waals surface area contributed by atoms with Crippen molar-refractivity contribution in [2.75, 3.05) is 11.9 Å². The molecule has 15 heavy (non-hydrogen) atoms. The summed E-state index contributed by atoms with van der Waals surface area (Å²) in [5.74, 6) is 1.50. The first-order valence-electron chi connectivity index (χ1n) is 5.52. The van der Waals surface area contributed by atoms with E-state index in [0.29, 0.717) is 18.5 Å². The quantitative estimate of drug-likeness (QED) is 0.778. The second-order valence-corrected chi connectivity index (χ2v) is 4.29. The van der Waals surface area contributed by atoms with Crippen LogP contribution < -0.4 is 11.1 Å². The Kier molecular flexibility index (Phi) is 4.56. The van der Waals surface area contributed by atoms with E-state index in [1.807, 2.05) is 19.2 Å². The van der Waals surface area contributed by atoms with Crippen LogP contribution in [0.2, 0.25) is 0 Å². The smallest absolute Gasteiger partial charge is 0.126 e. The number of nitrogens with zero attached hydrogens (tertiary/aromatic N) is 1. The summed E-state index contributed by atoms with van der Waals surface area (Å²) in [6.45, 7) is 7.14. The standard InChI is InChI=1S/C12H21N3/c1-9(2)11(6-7-13)15-12-5-4-10(3)8-14-12/h4-5,8-9,11H,6-7,13H2,1-3H3,(H,14,15). The number of anilines is 1. The second-order valence-electron chi connectivity index (χ2n) is 4.29. The van der Waals surface area contributed by atoms with Crippen LogP contribution in [-0.2, 0) is 0 Å². The zero-order chi connectivity index (χ0) is 11.3. The average molecular weight is 207 g/mol. The van der Waals surface area contributed by atoms with Gasteiger partial charge < -0.3 is 11.1 Å². The van der Waals surface area contributed by atoms with Gasteiger partial charge in [-0.25, -0.2) is 4.98 Å². The summed E-state index contributed by atoms with van der Waals surface area (Å²) in [5, 5.41) is 3.42. The fraction of sp³-hybridized carbons (Fsp3) is 0.583. The van der Waals surface area contributed by atoms with E-state index in [0.717, 1.165) is 12.2 Å². The van der Waals surface area contributed by atoms with Crippen LogP contribution >= 0.6 is 0 Å². The van der Waals surface area contributed by atoms with Gasteiger partial charge in [-0.3, -0.25) is 0 Å². The minimum atomic E-state index is 0.408. The van der Waals surface area contributed by atoms with Gasteiger partial charge in [0.05, 0.1) is 0 Å². The minimum Gasteiger partial charge on any atom is -0.367 e. The molecule has 3 N–H and O–H groups in total. The van der Waals surface area contributed by atoms with Gasteiger partial charge in [-0.2, -0.15) is 0 Å². The highest BCUT2D eigenvalue weighted by Crippen LogP contribution is 2.12. The predicted octanol–water partition coefficient (Wildman–Crippen LogP) is 2.18. The van der Waals surface area contributed by atoms with Crippen LogP contribution in [0, 0.1) is 12.8 Å². The van der Waals surface area contributed by atoms with Crippen molar-refractivity contribution in [3.05, 3.63) is 23.9 Å². The molecule has 0 aliphatic heterocycles. The third-order valence-corrected chi connectivity index (χ3v) is 2.53. The lowest BCUT2D eigenvalue weighted by atomic mass is 10.0. The molecular weight excluding hydrogens is 186 g/mol. The summed E-state index contributed by atoms with van der Waals surface area (Å²) in [6.07, 6.45) is 2.86. The van der Waals surface area contributed by atoms with E-state index in [4.69, 9.17) is 5.73 Å². The Hall–Kier alpha value is -1.09. The summed E-state index contributed by atoms with van der Waals surface area (Å²) in [5.41, 5.74) is 6.77. The molecule has 3 heteroatoms. The summed E-state index contributed by atoms with van der Waals surface area (Å²) in [6, 6.07) is 4.49. The lowest BCUT2D eigenvalue weighted by Crippen LogP contribution is -2.28. The van der Waals surface area contributed by atoms with Crippen molar-refractivity contribution in [1.82, 2.24) is 4.98 Å². The molecule has 0 fully saturated rings. The fourth-order valence-corrected chi connectivity index (χ4v) is 1.49. The second kappa shape index (κ2) is 5.71. The van der Waals surface area contributed by atoms with Crippen molar-refractivity contribution in [3.8, 4) is 0 Å². The van der Waals surface area contributed by atoms with Crippen LogP contribution in [0.1, 0.15) is 25.8 Å². The Morgan fingerprint density at radius 3 is 2.60 bits per heavy atom. The molecule has 0 aromatic carbocycles. The van der Waals surface area contributed by atoms with Crippen molar-refractivity contribution in [2.45, 2.75) is 33.2 Å². The monoisotopic (exact) mass is 207 g/mol. The number of hydrogen-bond acceptors (Lipinski definition) is 3. The van der Waals surface area contributed by atoms with Crippen molar-refractivity contribution in [3.63, 3.8) is 0 Å². The van der Waals surface area contributed by atoms with E-state index in [1.54, 1.807) is 0 Å². The van der Waals surface area contributed by atoms with Gasteiger partial charge >= 0.3 is 0 Å². The largest absolute Gasteiger partial charge is 0.367 e. The van der Waals surface area contributed by atoms with Crippen LogP contribution in [0.3, 0.4) is 0 Å². The molecule has 1 atom stereocenters. The van der Waals surface area contributed by atoms with E-state index < -0.39 is 0 Å². The third-order valence-electron chi connectivity index (χ3n) is 2.53. The summed E-state index contributed by atoms with van der Waals surface area (Å²) >= 11 is 0. The van der Waals surface area contributed by atoms with Gasteiger partial charge in [0.15, 0.2) is 0 Å². The average Bonchev–Trinajstić information content (AvgIpc) is 2.20. The molecule has 0 amide bonds. The summed E-state index contributed by atoms with van der Waals surface area (Å²) < 4.78 is 0. The van der Waals surface area contributed by atoms with Crippen molar-refractivity contribution < 1.29 is 0 Å². The maximum Gasteiger partial charge on any atom is 0.126 e.